The summed E-state index contributed by atoms with van der Waals surface area (Å²) in [6, 6.07) is 11.2. The van der Waals surface area contributed by atoms with Crippen molar-refractivity contribution >= 4 is 11.6 Å². The Morgan fingerprint density at radius 1 is 1.20 bits per heavy atom. The summed E-state index contributed by atoms with van der Waals surface area (Å²) >= 11 is 0. The van der Waals surface area contributed by atoms with E-state index >= 15 is 0 Å². The Labute approximate surface area is 122 Å². The number of anilines is 1. The summed E-state index contributed by atoms with van der Waals surface area (Å²) in [6.07, 6.45) is 7.54. The third kappa shape index (κ3) is 4.87. The monoisotopic (exact) mass is 273 g/mol. The molecule has 1 saturated carbocycles. The van der Waals surface area contributed by atoms with Crippen molar-refractivity contribution in [2.24, 2.45) is 4.99 Å². The molecular formula is C17H27N3. The zero-order valence-electron chi connectivity index (χ0n) is 12.7. The number of aliphatic imine (C=N–C) groups is 1. The van der Waals surface area contributed by atoms with Crippen LogP contribution < -0.4 is 10.6 Å². The van der Waals surface area contributed by atoms with Crippen LogP contribution in [0.1, 0.15) is 52.4 Å². The fourth-order valence-corrected chi connectivity index (χ4v) is 2.49. The van der Waals surface area contributed by atoms with E-state index in [-0.39, 0.29) is 0 Å². The topological polar surface area (TPSA) is 36.4 Å². The Hall–Kier alpha value is -1.51. The lowest BCUT2D eigenvalue weighted by Crippen LogP contribution is -2.38. The van der Waals surface area contributed by atoms with E-state index in [0.717, 1.165) is 18.1 Å². The average molecular weight is 273 g/mol. The lowest BCUT2D eigenvalue weighted by atomic mass is 9.96. The van der Waals surface area contributed by atoms with E-state index in [1.54, 1.807) is 0 Å². The molecule has 3 heteroatoms. The highest BCUT2D eigenvalue weighted by molar-refractivity contribution is 5.93. The van der Waals surface area contributed by atoms with Crippen molar-refractivity contribution in [2.45, 2.75) is 64.5 Å². The van der Waals surface area contributed by atoms with E-state index < -0.39 is 0 Å². The Kier molecular flexibility index (Phi) is 5.90. The standard InChI is InChI=1S/C17H27N3/c1-3-14(2)18-17(19-15-10-6-4-7-11-15)20-16-12-8-5-9-13-16/h4,6-7,10-11,14,16H,3,5,8-9,12-13H2,1-2H3,(H2,18,19,20). The maximum absolute atomic E-state index is 4.91. The van der Waals surface area contributed by atoms with Gasteiger partial charge in [0.05, 0.1) is 6.04 Å². The molecule has 0 amide bonds. The third-order valence-electron chi connectivity index (χ3n) is 3.92. The summed E-state index contributed by atoms with van der Waals surface area (Å²) in [6.45, 7) is 4.39. The average Bonchev–Trinajstić information content (AvgIpc) is 2.49. The van der Waals surface area contributed by atoms with Crippen molar-refractivity contribution in [1.29, 1.82) is 0 Å². The largest absolute Gasteiger partial charge is 0.354 e. The molecule has 110 valence electrons. The van der Waals surface area contributed by atoms with Gasteiger partial charge in [-0.15, -0.1) is 0 Å². The first-order valence-electron chi connectivity index (χ1n) is 7.94. The van der Waals surface area contributed by atoms with Gasteiger partial charge in [-0.1, -0.05) is 44.4 Å². The molecule has 3 nitrogen and oxygen atoms in total. The molecule has 0 spiro atoms. The second-order valence-electron chi connectivity index (χ2n) is 5.71. The van der Waals surface area contributed by atoms with Crippen LogP contribution in [0.15, 0.2) is 35.3 Å². The maximum Gasteiger partial charge on any atom is 0.196 e. The fourth-order valence-electron chi connectivity index (χ4n) is 2.49. The van der Waals surface area contributed by atoms with E-state index in [1.807, 2.05) is 18.2 Å². The SMILES string of the molecule is CCC(C)NC(=NC1CCCCC1)Nc1ccccc1. The summed E-state index contributed by atoms with van der Waals surface area (Å²) in [7, 11) is 0. The number of para-hydroxylation sites is 1. The second-order valence-corrected chi connectivity index (χ2v) is 5.71. The molecule has 1 aliphatic carbocycles. The zero-order valence-corrected chi connectivity index (χ0v) is 12.7. The summed E-state index contributed by atoms with van der Waals surface area (Å²) < 4.78 is 0. The van der Waals surface area contributed by atoms with Gasteiger partial charge in [-0.3, -0.25) is 0 Å². The molecule has 1 atom stereocenters. The Morgan fingerprint density at radius 3 is 2.55 bits per heavy atom. The number of guanidine groups is 1. The number of benzene rings is 1. The molecule has 1 aliphatic rings. The Morgan fingerprint density at radius 2 is 1.90 bits per heavy atom. The molecule has 20 heavy (non-hydrogen) atoms. The molecular weight excluding hydrogens is 246 g/mol. The van der Waals surface area contributed by atoms with E-state index in [2.05, 4.69) is 36.6 Å². The first kappa shape index (κ1) is 14.9. The molecule has 0 aliphatic heterocycles. The molecule has 2 rings (SSSR count). The summed E-state index contributed by atoms with van der Waals surface area (Å²) in [5.74, 6) is 0.928. The molecule has 1 aromatic rings. The number of nitrogens with zero attached hydrogens (tertiary/aromatic N) is 1. The van der Waals surface area contributed by atoms with Crippen LogP contribution in [0.2, 0.25) is 0 Å². The smallest absolute Gasteiger partial charge is 0.196 e. The first-order chi connectivity index (χ1) is 9.78. The number of rotatable bonds is 4. The molecule has 0 heterocycles. The van der Waals surface area contributed by atoms with Gasteiger partial charge >= 0.3 is 0 Å². The predicted octanol–water partition coefficient (Wildman–Crippen LogP) is 4.18. The van der Waals surface area contributed by atoms with Crippen LogP contribution in [0, 0.1) is 0 Å². The highest BCUT2D eigenvalue weighted by atomic mass is 15.2. The van der Waals surface area contributed by atoms with Crippen LogP contribution in [0.25, 0.3) is 0 Å². The lowest BCUT2D eigenvalue weighted by molar-refractivity contribution is 0.441. The van der Waals surface area contributed by atoms with Crippen molar-refractivity contribution in [3.63, 3.8) is 0 Å². The molecule has 0 radical (unpaired) electrons. The third-order valence-corrected chi connectivity index (χ3v) is 3.92. The van der Waals surface area contributed by atoms with Crippen molar-refractivity contribution in [3.05, 3.63) is 30.3 Å². The van der Waals surface area contributed by atoms with Gasteiger partial charge in [-0.25, -0.2) is 4.99 Å². The zero-order chi connectivity index (χ0) is 14.2. The van der Waals surface area contributed by atoms with Gasteiger partial charge in [0.25, 0.3) is 0 Å². The maximum atomic E-state index is 4.91. The highest BCUT2D eigenvalue weighted by Crippen LogP contribution is 2.20. The quantitative estimate of drug-likeness (QED) is 0.638. The van der Waals surface area contributed by atoms with Crippen LogP contribution in [0.5, 0.6) is 0 Å². The molecule has 0 bridgehead atoms. The molecule has 2 N–H and O–H groups in total. The van der Waals surface area contributed by atoms with Crippen molar-refractivity contribution in [2.75, 3.05) is 5.32 Å². The normalized spacial score (nSPS) is 18.6. The van der Waals surface area contributed by atoms with Crippen LogP contribution in [-0.2, 0) is 0 Å². The van der Waals surface area contributed by atoms with Crippen LogP contribution in [0.3, 0.4) is 0 Å². The van der Waals surface area contributed by atoms with E-state index in [4.69, 9.17) is 4.99 Å². The van der Waals surface area contributed by atoms with E-state index in [9.17, 15) is 0 Å². The van der Waals surface area contributed by atoms with Gasteiger partial charge < -0.3 is 10.6 Å². The van der Waals surface area contributed by atoms with Crippen molar-refractivity contribution in [3.8, 4) is 0 Å². The fraction of sp³-hybridized carbons (Fsp3) is 0.588. The second kappa shape index (κ2) is 7.93. The van der Waals surface area contributed by atoms with E-state index in [0.29, 0.717) is 12.1 Å². The number of nitrogens with one attached hydrogen (secondary N) is 2. The summed E-state index contributed by atoms with van der Waals surface area (Å²) in [5.41, 5.74) is 1.10. The van der Waals surface area contributed by atoms with E-state index in [1.165, 1.54) is 32.1 Å². The predicted molar refractivity (Wildman–Crippen MR) is 87.3 cm³/mol. The van der Waals surface area contributed by atoms with Crippen LogP contribution in [-0.4, -0.2) is 18.0 Å². The van der Waals surface area contributed by atoms with Gasteiger partial charge in [0.1, 0.15) is 0 Å². The summed E-state index contributed by atoms with van der Waals surface area (Å²) in [4.78, 5) is 4.91. The van der Waals surface area contributed by atoms with Gasteiger partial charge in [0, 0.05) is 11.7 Å². The molecule has 0 saturated heterocycles. The molecule has 1 aromatic carbocycles. The molecule has 0 aromatic heterocycles. The van der Waals surface area contributed by atoms with Crippen molar-refractivity contribution in [1.82, 2.24) is 5.32 Å². The number of hydrogen-bond acceptors (Lipinski definition) is 1. The van der Waals surface area contributed by atoms with Crippen LogP contribution in [0.4, 0.5) is 5.69 Å². The number of hydrogen-bond donors (Lipinski definition) is 2. The van der Waals surface area contributed by atoms with Gasteiger partial charge in [0.2, 0.25) is 0 Å². The first-order valence-corrected chi connectivity index (χ1v) is 7.94. The summed E-state index contributed by atoms with van der Waals surface area (Å²) in [5, 5.41) is 6.93. The lowest BCUT2D eigenvalue weighted by Gasteiger charge is -2.22. The van der Waals surface area contributed by atoms with Gasteiger partial charge in [-0.2, -0.15) is 0 Å². The van der Waals surface area contributed by atoms with Crippen molar-refractivity contribution < 1.29 is 0 Å². The molecule has 1 fully saturated rings. The van der Waals surface area contributed by atoms with Gasteiger partial charge in [0.15, 0.2) is 5.96 Å². The Bertz CT molecular complexity index is 408. The minimum atomic E-state index is 0.438. The van der Waals surface area contributed by atoms with Gasteiger partial charge in [-0.05, 0) is 38.3 Å². The molecule has 1 unspecified atom stereocenters. The van der Waals surface area contributed by atoms with Crippen LogP contribution >= 0.6 is 0 Å². The minimum absolute atomic E-state index is 0.438. The Balaban J connectivity index is 2.04. The highest BCUT2D eigenvalue weighted by Gasteiger charge is 2.14. The minimum Gasteiger partial charge on any atom is -0.354 e.